The van der Waals surface area contributed by atoms with Gasteiger partial charge in [0.25, 0.3) is 11.8 Å². The zero-order valence-corrected chi connectivity index (χ0v) is 19.7. The highest BCUT2D eigenvalue weighted by atomic mass is 32.2. The molecule has 0 saturated carbocycles. The van der Waals surface area contributed by atoms with Crippen LogP contribution < -0.4 is 19.7 Å². The number of nitrogens with one attached hydrogen (secondary N) is 1. The minimum Gasteiger partial charge on any atom is -0.508 e. The maximum Gasteiger partial charge on any atom is 0.270 e. The molecule has 0 aliphatic carbocycles. The third kappa shape index (κ3) is 5.38. The molecular formula is C25H20N2O5S2. The highest BCUT2D eigenvalue weighted by Gasteiger charge is 2.33. The fourth-order valence-electron chi connectivity index (χ4n) is 3.24. The van der Waals surface area contributed by atoms with E-state index in [1.54, 1.807) is 36.4 Å². The minimum atomic E-state index is -0.388. The van der Waals surface area contributed by atoms with Gasteiger partial charge in [0.15, 0.2) is 22.4 Å². The van der Waals surface area contributed by atoms with E-state index in [0.717, 1.165) is 11.3 Å². The number of rotatable bonds is 7. The Morgan fingerprint density at radius 3 is 2.62 bits per heavy atom. The van der Waals surface area contributed by atoms with Crippen LogP contribution in [-0.2, 0) is 9.59 Å². The van der Waals surface area contributed by atoms with Crippen LogP contribution in [0.3, 0.4) is 0 Å². The van der Waals surface area contributed by atoms with Gasteiger partial charge in [0.05, 0.1) is 17.7 Å². The molecule has 0 bridgehead atoms. The Bertz CT molecular complexity index is 1280. The van der Waals surface area contributed by atoms with Crippen molar-refractivity contribution in [3.05, 3.63) is 83.3 Å². The summed E-state index contributed by atoms with van der Waals surface area (Å²) in [6.07, 6.45) is 1.74. The summed E-state index contributed by atoms with van der Waals surface area (Å²) in [5.74, 6) is 0.266. The number of carbonyl (C=O) groups is 2. The van der Waals surface area contributed by atoms with Gasteiger partial charge in [-0.3, -0.25) is 14.5 Å². The molecule has 0 aromatic heterocycles. The van der Waals surface area contributed by atoms with E-state index in [-0.39, 0.29) is 24.2 Å². The van der Waals surface area contributed by atoms with Crippen molar-refractivity contribution >= 4 is 57.6 Å². The molecule has 2 N–H and O–H groups in total. The number of amides is 2. The number of methoxy groups -OCH3 is 1. The smallest absolute Gasteiger partial charge is 0.270 e. The van der Waals surface area contributed by atoms with Gasteiger partial charge in [-0.2, -0.15) is 0 Å². The van der Waals surface area contributed by atoms with Crippen molar-refractivity contribution < 1.29 is 24.2 Å². The average Bonchev–Trinajstić information content (AvgIpc) is 3.11. The Kier molecular flexibility index (Phi) is 7.15. The van der Waals surface area contributed by atoms with Crippen molar-refractivity contribution in [2.45, 2.75) is 0 Å². The largest absolute Gasteiger partial charge is 0.508 e. The lowest BCUT2D eigenvalue weighted by Crippen LogP contribution is -2.27. The van der Waals surface area contributed by atoms with Crippen LogP contribution in [0.1, 0.15) is 5.56 Å². The van der Waals surface area contributed by atoms with Crippen LogP contribution in [0.5, 0.6) is 17.2 Å². The molecule has 4 rings (SSSR count). The van der Waals surface area contributed by atoms with E-state index in [1.807, 2.05) is 30.3 Å². The van der Waals surface area contributed by atoms with Gasteiger partial charge in [-0.1, -0.05) is 54.3 Å². The van der Waals surface area contributed by atoms with Gasteiger partial charge >= 0.3 is 0 Å². The third-order valence-corrected chi connectivity index (χ3v) is 6.08. The van der Waals surface area contributed by atoms with Crippen molar-refractivity contribution in [3.8, 4) is 17.2 Å². The first-order chi connectivity index (χ1) is 16.4. The van der Waals surface area contributed by atoms with Gasteiger partial charge in [0, 0.05) is 11.8 Å². The van der Waals surface area contributed by atoms with Gasteiger partial charge in [-0.05, 0) is 48.0 Å². The van der Waals surface area contributed by atoms with Crippen LogP contribution in [-0.4, -0.2) is 35.0 Å². The monoisotopic (exact) mass is 492 g/mol. The molecule has 0 atom stereocenters. The summed E-state index contributed by atoms with van der Waals surface area (Å²) >= 11 is 6.64. The van der Waals surface area contributed by atoms with Crippen molar-refractivity contribution in [1.29, 1.82) is 0 Å². The van der Waals surface area contributed by atoms with Crippen molar-refractivity contribution in [3.63, 3.8) is 0 Å². The molecular weight excluding hydrogens is 472 g/mol. The quantitative estimate of drug-likeness (QED) is 0.361. The lowest BCUT2D eigenvalue weighted by molar-refractivity contribution is -0.118. The van der Waals surface area contributed by atoms with Gasteiger partial charge in [0.2, 0.25) is 0 Å². The van der Waals surface area contributed by atoms with Gasteiger partial charge in [0.1, 0.15) is 5.75 Å². The summed E-state index contributed by atoms with van der Waals surface area (Å²) in [5, 5.41) is 12.1. The lowest BCUT2D eigenvalue weighted by Gasteiger charge is -2.14. The number of thioether (sulfide) groups is 1. The van der Waals surface area contributed by atoms with E-state index < -0.39 is 0 Å². The maximum absolute atomic E-state index is 12.9. The number of para-hydroxylation sites is 1. The fourth-order valence-corrected chi connectivity index (χ4v) is 4.54. The van der Waals surface area contributed by atoms with Gasteiger partial charge in [-0.25, -0.2) is 0 Å². The molecule has 1 aliphatic heterocycles. The number of phenols is 1. The molecule has 0 unspecified atom stereocenters. The van der Waals surface area contributed by atoms with E-state index in [1.165, 1.54) is 35.9 Å². The number of hydrogen-bond donors (Lipinski definition) is 2. The second-order valence-corrected chi connectivity index (χ2v) is 8.83. The van der Waals surface area contributed by atoms with E-state index in [9.17, 15) is 14.7 Å². The normalized spacial score (nSPS) is 14.4. The molecule has 0 radical (unpaired) electrons. The molecule has 1 fully saturated rings. The number of phenolic OH excluding ortho intramolecular Hbond substituents is 1. The minimum absolute atomic E-state index is 0.0525. The molecule has 3 aromatic rings. The zero-order chi connectivity index (χ0) is 24.1. The lowest BCUT2D eigenvalue weighted by atomic mass is 10.2. The van der Waals surface area contributed by atoms with Crippen LogP contribution >= 0.6 is 24.0 Å². The van der Waals surface area contributed by atoms with Crippen LogP contribution in [0.25, 0.3) is 6.08 Å². The molecule has 2 amide bonds. The summed E-state index contributed by atoms with van der Waals surface area (Å²) in [6.45, 7) is -0.249. The number of ether oxygens (including phenoxy) is 2. The highest BCUT2D eigenvalue weighted by Crippen LogP contribution is 2.37. The molecule has 0 spiro atoms. The summed E-state index contributed by atoms with van der Waals surface area (Å²) in [6, 6.07) is 20.6. The summed E-state index contributed by atoms with van der Waals surface area (Å²) in [4.78, 5) is 27.1. The fraction of sp³-hybridized carbons (Fsp3) is 0.0800. The van der Waals surface area contributed by atoms with Gasteiger partial charge < -0.3 is 19.9 Å². The van der Waals surface area contributed by atoms with Crippen molar-refractivity contribution in [1.82, 2.24) is 0 Å². The predicted octanol–water partition coefficient (Wildman–Crippen LogP) is 4.82. The Balaban J connectivity index is 1.45. The van der Waals surface area contributed by atoms with Crippen LogP contribution in [0.4, 0.5) is 11.4 Å². The predicted molar refractivity (Wildman–Crippen MR) is 137 cm³/mol. The first-order valence-electron chi connectivity index (χ1n) is 10.2. The first-order valence-corrected chi connectivity index (χ1v) is 11.4. The number of hydrogen-bond acceptors (Lipinski definition) is 7. The van der Waals surface area contributed by atoms with E-state index in [2.05, 4.69) is 5.32 Å². The number of benzene rings is 3. The molecule has 172 valence electrons. The maximum atomic E-state index is 12.9. The molecule has 1 aliphatic rings. The number of anilines is 2. The van der Waals surface area contributed by atoms with Gasteiger partial charge in [-0.15, -0.1) is 0 Å². The van der Waals surface area contributed by atoms with E-state index >= 15 is 0 Å². The third-order valence-electron chi connectivity index (χ3n) is 4.78. The highest BCUT2D eigenvalue weighted by molar-refractivity contribution is 8.27. The van der Waals surface area contributed by atoms with Crippen LogP contribution in [0.15, 0.2) is 77.7 Å². The van der Waals surface area contributed by atoms with E-state index in [0.29, 0.717) is 26.4 Å². The zero-order valence-electron chi connectivity index (χ0n) is 18.1. The van der Waals surface area contributed by atoms with Crippen molar-refractivity contribution in [2.24, 2.45) is 0 Å². The SMILES string of the molecule is COc1cc(C=C2SC(=S)N(c3ccccc3)C2=O)ccc1OCC(=O)Nc1cccc(O)c1. The molecule has 1 saturated heterocycles. The number of thiocarbonyl (C=S) groups is 1. The molecule has 7 nitrogen and oxygen atoms in total. The number of carbonyl (C=O) groups excluding carboxylic acids is 2. The number of nitrogens with zero attached hydrogens (tertiary/aromatic N) is 1. The average molecular weight is 493 g/mol. The second kappa shape index (κ2) is 10.4. The summed E-state index contributed by atoms with van der Waals surface area (Å²) < 4.78 is 11.5. The Hall–Kier alpha value is -3.82. The second-order valence-electron chi connectivity index (χ2n) is 7.15. The number of aromatic hydroxyl groups is 1. The molecule has 3 aromatic carbocycles. The van der Waals surface area contributed by atoms with Crippen LogP contribution in [0.2, 0.25) is 0 Å². The van der Waals surface area contributed by atoms with E-state index in [4.69, 9.17) is 21.7 Å². The Morgan fingerprint density at radius 2 is 1.88 bits per heavy atom. The summed E-state index contributed by atoms with van der Waals surface area (Å²) in [5.41, 5.74) is 1.91. The summed E-state index contributed by atoms with van der Waals surface area (Å²) in [7, 11) is 1.49. The Labute approximate surface area is 206 Å². The molecule has 9 heteroatoms. The topological polar surface area (TPSA) is 88.1 Å². The molecule has 1 heterocycles. The van der Waals surface area contributed by atoms with Crippen LogP contribution in [0, 0.1) is 0 Å². The molecule has 34 heavy (non-hydrogen) atoms. The standard InChI is InChI=1S/C25H20N2O5S2/c1-31-21-12-16(13-22-24(30)27(25(33)34-22)18-7-3-2-4-8-18)10-11-20(21)32-15-23(29)26-17-6-5-9-19(28)14-17/h2-14,28H,15H2,1H3,(H,26,29). The Morgan fingerprint density at radius 1 is 1.09 bits per heavy atom. The van der Waals surface area contributed by atoms with Crippen molar-refractivity contribution in [2.75, 3.05) is 23.9 Å². The first kappa shape index (κ1) is 23.3.